The molecular formula is C21H23BrN4. The van der Waals surface area contributed by atoms with Crippen molar-refractivity contribution in [3.05, 3.63) is 59.2 Å². The van der Waals surface area contributed by atoms with Gasteiger partial charge in [-0.15, -0.1) is 0 Å². The zero-order valence-corrected chi connectivity index (χ0v) is 16.8. The number of para-hydroxylation sites is 2. The number of rotatable bonds is 6. The van der Waals surface area contributed by atoms with Crippen LogP contribution in [0.15, 0.2) is 59.2 Å². The summed E-state index contributed by atoms with van der Waals surface area (Å²) in [6.45, 7) is 8.54. The van der Waals surface area contributed by atoms with Gasteiger partial charge in [-0.1, -0.05) is 54.0 Å². The number of halogens is 1. The lowest BCUT2D eigenvalue weighted by atomic mass is 10.2. The number of likely N-dealkylation sites (N-methyl/N-ethyl adjacent to an activating group) is 1. The summed E-state index contributed by atoms with van der Waals surface area (Å²) in [4.78, 5) is 7.43. The van der Waals surface area contributed by atoms with Crippen LogP contribution in [-0.4, -0.2) is 38.5 Å². The highest BCUT2D eigenvalue weighted by Crippen LogP contribution is 2.27. The van der Waals surface area contributed by atoms with Crippen molar-refractivity contribution >= 4 is 32.7 Å². The van der Waals surface area contributed by atoms with Gasteiger partial charge < -0.3 is 9.47 Å². The van der Waals surface area contributed by atoms with Crippen LogP contribution in [0.2, 0.25) is 0 Å². The molecule has 5 heteroatoms. The van der Waals surface area contributed by atoms with Crippen LogP contribution in [0.3, 0.4) is 0 Å². The Bertz CT molecular complexity index is 1040. The molecule has 0 spiro atoms. The molecule has 0 N–H and O–H groups in total. The topological polar surface area (TPSA) is 25.5 Å². The van der Waals surface area contributed by atoms with Crippen LogP contribution in [0.4, 0.5) is 0 Å². The number of fused-ring (bicyclic) bond motifs is 3. The van der Waals surface area contributed by atoms with E-state index in [4.69, 9.17) is 4.98 Å². The highest BCUT2D eigenvalue weighted by molar-refractivity contribution is 9.10. The second kappa shape index (κ2) is 7.25. The Morgan fingerprint density at radius 1 is 1.00 bits per heavy atom. The van der Waals surface area contributed by atoms with Crippen molar-refractivity contribution in [2.24, 2.45) is 0 Å². The van der Waals surface area contributed by atoms with Crippen LogP contribution in [-0.2, 0) is 6.54 Å². The molecule has 0 aliphatic heterocycles. The van der Waals surface area contributed by atoms with E-state index in [9.17, 15) is 0 Å². The zero-order chi connectivity index (χ0) is 18.1. The molecule has 0 atom stereocenters. The smallest absolute Gasteiger partial charge is 0.215 e. The van der Waals surface area contributed by atoms with Gasteiger partial charge in [0.15, 0.2) is 0 Å². The molecule has 0 radical (unpaired) electrons. The Hall–Kier alpha value is -2.11. The molecule has 0 saturated carbocycles. The second-order valence-corrected chi connectivity index (χ2v) is 7.39. The molecule has 0 saturated heterocycles. The van der Waals surface area contributed by atoms with E-state index in [2.05, 4.69) is 92.3 Å². The van der Waals surface area contributed by atoms with Gasteiger partial charge >= 0.3 is 0 Å². The molecule has 2 aromatic carbocycles. The fourth-order valence-corrected chi connectivity index (χ4v) is 3.93. The molecular weight excluding hydrogens is 388 g/mol. The molecule has 0 aliphatic rings. The van der Waals surface area contributed by atoms with E-state index in [-0.39, 0.29) is 0 Å². The quantitative estimate of drug-likeness (QED) is 0.443. The fraction of sp³-hybridized carbons (Fsp3) is 0.286. The van der Waals surface area contributed by atoms with Crippen molar-refractivity contribution in [3.8, 4) is 11.3 Å². The van der Waals surface area contributed by atoms with Crippen molar-refractivity contribution in [3.63, 3.8) is 0 Å². The normalized spacial score (nSPS) is 11.8. The third-order valence-electron chi connectivity index (χ3n) is 5.02. The monoisotopic (exact) mass is 410 g/mol. The Labute approximate surface area is 162 Å². The first-order valence-electron chi connectivity index (χ1n) is 9.16. The summed E-state index contributed by atoms with van der Waals surface area (Å²) in [6.07, 6.45) is 2.15. The molecule has 0 unspecified atom stereocenters. The van der Waals surface area contributed by atoms with Gasteiger partial charge in [-0.25, -0.2) is 4.98 Å². The van der Waals surface area contributed by atoms with Crippen LogP contribution < -0.4 is 0 Å². The van der Waals surface area contributed by atoms with Gasteiger partial charge in [0.2, 0.25) is 5.78 Å². The van der Waals surface area contributed by atoms with Gasteiger partial charge in [0.1, 0.15) is 0 Å². The lowest BCUT2D eigenvalue weighted by Crippen LogP contribution is -2.27. The molecule has 4 nitrogen and oxygen atoms in total. The summed E-state index contributed by atoms with van der Waals surface area (Å²) < 4.78 is 5.63. The van der Waals surface area contributed by atoms with Crippen LogP contribution in [0.25, 0.3) is 28.1 Å². The van der Waals surface area contributed by atoms with Gasteiger partial charge in [-0.2, -0.15) is 0 Å². The van der Waals surface area contributed by atoms with E-state index in [0.29, 0.717) is 0 Å². The van der Waals surface area contributed by atoms with E-state index < -0.39 is 0 Å². The first-order valence-corrected chi connectivity index (χ1v) is 9.95. The Morgan fingerprint density at radius 2 is 1.77 bits per heavy atom. The second-order valence-electron chi connectivity index (χ2n) is 6.47. The Morgan fingerprint density at radius 3 is 2.50 bits per heavy atom. The van der Waals surface area contributed by atoms with E-state index in [0.717, 1.165) is 47.7 Å². The molecule has 0 amide bonds. The predicted octanol–water partition coefficient (Wildman–Crippen LogP) is 5.06. The minimum absolute atomic E-state index is 0.938. The molecule has 0 fully saturated rings. The van der Waals surface area contributed by atoms with Crippen molar-refractivity contribution in [2.75, 3.05) is 19.6 Å². The SMILES string of the molecule is CCN(CC)CCn1c2ccccc2n2cc(-c3cccc(Br)c3)nc12. The molecule has 4 rings (SSSR count). The largest absolute Gasteiger partial charge is 0.308 e. The highest BCUT2D eigenvalue weighted by atomic mass is 79.9. The van der Waals surface area contributed by atoms with Crippen molar-refractivity contribution in [2.45, 2.75) is 20.4 Å². The standard InChI is InChI=1S/C21H23BrN4/c1-3-24(4-2)12-13-25-19-10-5-6-11-20(19)26-15-18(23-21(25)26)16-8-7-9-17(22)14-16/h5-11,14-15H,3-4,12-13H2,1-2H3. The van der Waals surface area contributed by atoms with E-state index in [1.165, 1.54) is 11.0 Å². The molecule has 134 valence electrons. The molecule has 2 heterocycles. The van der Waals surface area contributed by atoms with Crippen molar-refractivity contribution in [1.82, 2.24) is 18.9 Å². The molecule has 26 heavy (non-hydrogen) atoms. The van der Waals surface area contributed by atoms with Crippen LogP contribution in [0.5, 0.6) is 0 Å². The average molecular weight is 411 g/mol. The number of hydrogen-bond acceptors (Lipinski definition) is 2. The fourth-order valence-electron chi connectivity index (χ4n) is 3.53. The van der Waals surface area contributed by atoms with Gasteiger partial charge in [-0.05, 0) is 37.4 Å². The summed E-state index contributed by atoms with van der Waals surface area (Å²) in [5, 5.41) is 0. The number of hydrogen-bond donors (Lipinski definition) is 0. The Balaban J connectivity index is 1.82. The molecule has 2 aromatic heterocycles. The maximum absolute atomic E-state index is 4.98. The average Bonchev–Trinajstić information content (AvgIpc) is 3.21. The summed E-state index contributed by atoms with van der Waals surface area (Å²) in [5.74, 6) is 1.01. The van der Waals surface area contributed by atoms with E-state index in [1.807, 2.05) is 6.07 Å². The molecule has 0 bridgehead atoms. The maximum atomic E-state index is 4.98. The zero-order valence-electron chi connectivity index (χ0n) is 15.2. The highest BCUT2D eigenvalue weighted by Gasteiger charge is 2.15. The molecule has 0 aliphatic carbocycles. The maximum Gasteiger partial charge on any atom is 0.215 e. The Kier molecular flexibility index (Phi) is 4.83. The number of imidazole rings is 2. The third-order valence-corrected chi connectivity index (χ3v) is 5.51. The van der Waals surface area contributed by atoms with Gasteiger partial charge in [0.25, 0.3) is 0 Å². The van der Waals surface area contributed by atoms with Crippen LogP contribution >= 0.6 is 15.9 Å². The van der Waals surface area contributed by atoms with E-state index in [1.54, 1.807) is 0 Å². The summed E-state index contributed by atoms with van der Waals surface area (Å²) in [7, 11) is 0. The van der Waals surface area contributed by atoms with Crippen molar-refractivity contribution < 1.29 is 0 Å². The van der Waals surface area contributed by atoms with E-state index >= 15 is 0 Å². The number of benzene rings is 2. The first-order chi connectivity index (χ1) is 12.7. The van der Waals surface area contributed by atoms with Crippen LogP contribution in [0.1, 0.15) is 13.8 Å². The minimum atomic E-state index is 0.938. The summed E-state index contributed by atoms with van der Waals surface area (Å²) in [5.41, 5.74) is 4.57. The summed E-state index contributed by atoms with van der Waals surface area (Å²) in [6, 6.07) is 16.9. The summed E-state index contributed by atoms with van der Waals surface area (Å²) >= 11 is 3.56. The number of aromatic nitrogens is 3. The first kappa shape index (κ1) is 17.3. The predicted molar refractivity (Wildman–Crippen MR) is 112 cm³/mol. The lowest BCUT2D eigenvalue weighted by Gasteiger charge is -2.18. The van der Waals surface area contributed by atoms with Crippen LogP contribution in [0, 0.1) is 0 Å². The van der Waals surface area contributed by atoms with Gasteiger partial charge in [0.05, 0.1) is 16.7 Å². The third kappa shape index (κ3) is 3.06. The lowest BCUT2D eigenvalue weighted by molar-refractivity contribution is 0.293. The van der Waals surface area contributed by atoms with Gasteiger partial charge in [0, 0.05) is 29.3 Å². The van der Waals surface area contributed by atoms with Crippen molar-refractivity contribution in [1.29, 1.82) is 0 Å². The number of nitrogens with zero attached hydrogens (tertiary/aromatic N) is 4. The molecule has 4 aromatic rings. The van der Waals surface area contributed by atoms with Gasteiger partial charge in [-0.3, -0.25) is 4.40 Å². The minimum Gasteiger partial charge on any atom is -0.308 e.